The molecule has 0 spiro atoms. The van der Waals surface area contributed by atoms with Crippen molar-refractivity contribution in [3.05, 3.63) is 59.7 Å². The highest BCUT2D eigenvalue weighted by Crippen LogP contribution is 2.07. The zero-order valence-electron chi connectivity index (χ0n) is 12.7. The van der Waals surface area contributed by atoms with Crippen LogP contribution in [0.1, 0.15) is 17.0 Å². The maximum absolute atomic E-state index is 5.19. The lowest BCUT2D eigenvalue weighted by atomic mass is 10.2. The molecule has 1 aromatic heterocycles. The second-order valence-electron chi connectivity index (χ2n) is 5.02. The average Bonchev–Trinajstić information content (AvgIpc) is 2.91. The molecule has 0 aliphatic heterocycles. The van der Waals surface area contributed by atoms with Crippen LogP contribution in [0.15, 0.2) is 42.7 Å². The summed E-state index contributed by atoms with van der Waals surface area (Å²) in [4.78, 5) is 9.82. The van der Waals surface area contributed by atoms with E-state index in [1.54, 1.807) is 13.4 Å². The van der Waals surface area contributed by atoms with Crippen molar-refractivity contribution in [3.63, 3.8) is 0 Å². The summed E-state index contributed by atoms with van der Waals surface area (Å²) in [5.41, 5.74) is 3.45. The molecule has 0 bridgehead atoms. The first-order valence-electron chi connectivity index (χ1n) is 7.21. The lowest BCUT2D eigenvalue weighted by Crippen LogP contribution is -2.27. The molecule has 2 aromatic rings. The van der Waals surface area contributed by atoms with Gasteiger partial charge in [-0.2, -0.15) is 0 Å². The standard InChI is InChI=1S/C17H23N3O/c1-15-17(19-14-18-15)13-20(11-12-21-2)10-6-9-16-7-4-3-5-8-16/h3-9,14H,10-13H2,1-2H3,(H,18,19)/b9-6+. The molecule has 4 heteroatoms. The predicted molar refractivity (Wildman–Crippen MR) is 86.0 cm³/mol. The summed E-state index contributed by atoms with van der Waals surface area (Å²) >= 11 is 0. The molecular weight excluding hydrogens is 262 g/mol. The van der Waals surface area contributed by atoms with E-state index >= 15 is 0 Å². The molecule has 2 rings (SSSR count). The SMILES string of the molecule is COCCN(C/C=C/c1ccccc1)Cc1nc[nH]c1C. The number of aromatic nitrogens is 2. The van der Waals surface area contributed by atoms with Crippen molar-refractivity contribution < 1.29 is 4.74 Å². The van der Waals surface area contributed by atoms with E-state index in [0.29, 0.717) is 0 Å². The average molecular weight is 285 g/mol. The Bertz CT molecular complexity index is 548. The van der Waals surface area contributed by atoms with Crippen molar-refractivity contribution in [1.29, 1.82) is 0 Å². The van der Waals surface area contributed by atoms with Gasteiger partial charge < -0.3 is 9.72 Å². The van der Waals surface area contributed by atoms with Gasteiger partial charge in [0, 0.05) is 32.4 Å². The Kier molecular flexibility index (Phi) is 6.19. The number of ether oxygens (including phenoxy) is 1. The third kappa shape index (κ3) is 5.17. The Hall–Kier alpha value is -1.91. The number of imidazole rings is 1. The molecule has 0 fully saturated rings. The molecule has 1 aromatic carbocycles. The molecule has 1 heterocycles. The van der Waals surface area contributed by atoms with Crippen LogP contribution < -0.4 is 0 Å². The number of H-pyrrole nitrogens is 1. The van der Waals surface area contributed by atoms with E-state index in [1.807, 2.05) is 6.07 Å². The third-order valence-electron chi connectivity index (χ3n) is 3.39. The molecule has 0 unspecified atom stereocenters. The zero-order chi connectivity index (χ0) is 14.9. The van der Waals surface area contributed by atoms with Gasteiger partial charge in [0.15, 0.2) is 0 Å². The maximum atomic E-state index is 5.19. The van der Waals surface area contributed by atoms with E-state index in [4.69, 9.17) is 4.74 Å². The number of nitrogens with zero attached hydrogens (tertiary/aromatic N) is 2. The van der Waals surface area contributed by atoms with Crippen LogP contribution in [0.3, 0.4) is 0 Å². The van der Waals surface area contributed by atoms with Crippen molar-refractivity contribution in [2.75, 3.05) is 26.8 Å². The van der Waals surface area contributed by atoms with Crippen LogP contribution in [0.2, 0.25) is 0 Å². The molecular formula is C17H23N3O. The molecule has 0 aliphatic rings. The zero-order valence-corrected chi connectivity index (χ0v) is 12.7. The van der Waals surface area contributed by atoms with E-state index < -0.39 is 0 Å². The number of methoxy groups -OCH3 is 1. The lowest BCUT2D eigenvalue weighted by molar-refractivity contribution is 0.150. The molecule has 0 amide bonds. The number of aromatic amines is 1. The fraction of sp³-hybridized carbons (Fsp3) is 0.353. The highest BCUT2D eigenvalue weighted by molar-refractivity contribution is 5.48. The largest absolute Gasteiger partial charge is 0.383 e. The van der Waals surface area contributed by atoms with E-state index in [-0.39, 0.29) is 0 Å². The summed E-state index contributed by atoms with van der Waals surface area (Å²) in [6.07, 6.45) is 6.09. The fourth-order valence-electron chi connectivity index (χ4n) is 2.12. The molecule has 0 radical (unpaired) electrons. The van der Waals surface area contributed by atoms with Gasteiger partial charge in [0.1, 0.15) is 0 Å². The van der Waals surface area contributed by atoms with E-state index in [1.165, 1.54) is 5.56 Å². The highest BCUT2D eigenvalue weighted by atomic mass is 16.5. The van der Waals surface area contributed by atoms with E-state index in [9.17, 15) is 0 Å². The molecule has 0 saturated heterocycles. The van der Waals surface area contributed by atoms with Gasteiger partial charge in [-0.1, -0.05) is 42.5 Å². The number of hydrogen-bond acceptors (Lipinski definition) is 3. The number of benzene rings is 1. The first-order chi connectivity index (χ1) is 10.3. The van der Waals surface area contributed by atoms with Crippen LogP contribution in [0.5, 0.6) is 0 Å². The maximum Gasteiger partial charge on any atom is 0.0925 e. The van der Waals surface area contributed by atoms with Crippen molar-refractivity contribution in [2.45, 2.75) is 13.5 Å². The van der Waals surface area contributed by atoms with Crippen molar-refractivity contribution in [1.82, 2.24) is 14.9 Å². The van der Waals surface area contributed by atoms with Gasteiger partial charge in [0.05, 0.1) is 18.6 Å². The van der Waals surface area contributed by atoms with E-state index in [0.717, 1.165) is 37.6 Å². The van der Waals surface area contributed by atoms with E-state index in [2.05, 4.69) is 58.2 Å². The number of nitrogens with one attached hydrogen (secondary N) is 1. The second kappa shape index (κ2) is 8.39. The molecule has 0 atom stereocenters. The molecule has 1 N–H and O–H groups in total. The number of hydrogen-bond donors (Lipinski definition) is 1. The molecule has 21 heavy (non-hydrogen) atoms. The Balaban J connectivity index is 1.93. The summed E-state index contributed by atoms with van der Waals surface area (Å²) in [7, 11) is 1.73. The number of aryl methyl sites for hydroxylation is 1. The van der Waals surface area contributed by atoms with Crippen LogP contribution >= 0.6 is 0 Å². The topological polar surface area (TPSA) is 41.1 Å². The summed E-state index contributed by atoms with van der Waals surface area (Å²) in [5, 5.41) is 0. The summed E-state index contributed by atoms with van der Waals surface area (Å²) in [6.45, 7) is 5.38. The van der Waals surface area contributed by atoms with Gasteiger partial charge in [-0.15, -0.1) is 0 Å². The molecule has 112 valence electrons. The van der Waals surface area contributed by atoms with Crippen LogP contribution in [0, 0.1) is 6.92 Å². The quantitative estimate of drug-likeness (QED) is 0.811. The lowest BCUT2D eigenvalue weighted by Gasteiger charge is -2.19. The monoisotopic (exact) mass is 285 g/mol. The molecule has 0 aliphatic carbocycles. The van der Waals surface area contributed by atoms with Crippen molar-refractivity contribution >= 4 is 6.08 Å². The second-order valence-corrected chi connectivity index (χ2v) is 5.02. The fourth-order valence-corrected chi connectivity index (χ4v) is 2.12. The van der Waals surface area contributed by atoms with Gasteiger partial charge in [-0.05, 0) is 12.5 Å². The van der Waals surface area contributed by atoms with Crippen molar-refractivity contribution in [3.8, 4) is 0 Å². The Morgan fingerprint density at radius 1 is 1.29 bits per heavy atom. The summed E-state index contributed by atoms with van der Waals surface area (Å²) in [6, 6.07) is 10.3. The normalized spacial score (nSPS) is 11.6. The minimum Gasteiger partial charge on any atom is -0.383 e. The first-order valence-corrected chi connectivity index (χ1v) is 7.21. The minimum atomic E-state index is 0.725. The summed E-state index contributed by atoms with van der Waals surface area (Å²) < 4.78 is 5.19. The smallest absolute Gasteiger partial charge is 0.0925 e. The van der Waals surface area contributed by atoms with Gasteiger partial charge in [0.25, 0.3) is 0 Å². The van der Waals surface area contributed by atoms with Crippen LogP contribution in [0.25, 0.3) is 6.08 Å². The number of rotatable bonds is 8. The summed E-state index contributed by atoms with van der Waals surface area (Å²) in [5.74, 6) is 0. The van der Waals surface area contributed by atoms with Crippen LogP contribution in [-0.2, 0) is 11.3 Å². The third-order valence-corrected chi connectivity index (χ3v) is 3.39. The van der Waals surface area contributed by atoms with Gasteiger partial charge in [-0.3, -0.25) is 4.90 Å². The highest BCUT2D eigenvalue weighted by Gasteiger charge is 2.08. The van der Waals surface area contributed by atoms with Crippen LogP contribution in [-0.4, -0.2) is 41.7 Å². The predicted octanol–water partition coefficient (Wildman–Crippen LogP) is 2.88. The van der Waals surface area contributed by atoms with Gasteiger partial charge in [-0.25, -0.2) is 4.98 Å². The van der Waals surface area contributed by atoms with Crippen LogP contribution in [0.4, 0.5) is 0 Å². The molecule has 4 nitrogen and oxygen atoms in total. The minimum absolute atomic E-state index is 0.725. The Morgan fingerprint density at radius 2 is 2.10 bits per heavy atom. The molecule has 0 saturated carbocycles. The first kappa shape index (κ1) is 15.5. The van der Waals surface area contributed by atoms with Crippen molar-refractivity contribution in [2.24, 2.45) is 0 Å². The van der Waals surface area contributed by atoms with Gasteiger partial charge >= 0.3 is 0 Å². The van der Waals surface area contributed by atoms with Gasteiger partial charge in [0.2, 0.25) is 0 Å². The Morgan fingerprint density at radius 3 is 2.76 bits per heavy atom. The Labute approximate surface area is 126 Å².